The van der Waals surface area contributed by atoms with Gasteiger partial charge in [0.1, 0.15) is 11.3 Å². The Kier molecular flexibility index (Phi) is 5.63. The number of piperidine rings is 1. The first-order valence-corrected chi connectivity index (χ1v) is 14.8. The number of aromatic nitrogens is 4. The highest BCUT2D eigenvalue weighted by molar-refractivity contribution is 6.00. The van der Waals surface area contributed by atoms with Gasteiger partial charge in [-0.15, -0.1) is 0 Å². The summed E-state index contributed by atoms with van der Waals surface area (Å²) in [6.07, 6.45) is 6.28. The molecule has 2 aliphatic carbocycles. The number of aryl methyl sites for hydroxylation is 1. The van der Waals surface area contributed by atoms with Crippen molar-refractivity contribution in [3.8, 4) is 28.4 Å². The number of nitrogens with zero attached hydrogens (tertiary/aromatic N) is 4. The molecule has 5 aromatic rings. The minimum atomic E-state index is -0.113. The van der Waals surface area contributed by atoms with Crippen LogP contribution in [-0.4, -0.2) is 55.6 Å². The number of nitrogens with one attached hydrogen (secondary N) is 1. The number of carbonyl (C=O) groups is 1. The zero-order valence-electron chi connectivity index (χ0n) is 23.8. The van der Waals surface area contributed by atoms with Gasteiger partial charge in [-0.1, -0.05) is 12.1 Å². The summed E-state index contributed by atoms with van der Waals surface area (Å²) in [6, 6.07) is 16.0. The van der Waals surface area contributed by atoms with Gasteiger partial charge in [0.05, 0.1) is 18.3 Å². The number of amides is 1. The third kappa shape index (κ3) is 3.90. The molecule has 2 bridgehead atoms. The molecule has 2 saturated carbocycles. The van der Waals surface area contributed by atoms with Crippen LogP contribution in [0.3, 0.4) is 0 Å². The van der Waals surface area contributed by atoms with E-state index < -0.39 is 0 Å². The minimum absolute atomic E-state index is 0.00249. The van der Waals surface area contributed by atoms with Crippen LogP contribution in [0.2, 0.25) is 0 Å². The van der Waals surface area contributed by atoms with Crippen LogP contribution in [0.25, 0.3) is 44.6 Å². The molecule has 1 aliphatic heterocycles. The number of nitrogens with two attached hydrogens (primary N) is 1. The van der Waals surface area contributed by atoms with Crippen LogP contribution in [-0.2, 0) is 13.6 Å². The van der Waals surface area contributed by atoms with E-state index in [9.17, 15) is 9.59 Å². The maximum atomic E-state index is 13.7. The number of likely N-dealkylation sites (tertiary alicyclic amines) is 1. The molecule has 1 amide bonds. The van der Waals surface area contributed by atoms with E-state index in [0.29, 0.717) is 23.1 Å². The number of ether oxygens (including phenoxy) is 1. The van der Waals surface area contributed by atoms with E-state index in [4.69, 9.17) is 15.5 Å². The normalized spacial score (nSPS) is 21.6. The number of H-pyrrole nitrogens is 1. The Balaban J connectivity index is 1.24. The van der Waals surface area contributed by atoms with E-state index in [0.717, 1.165) is 70.5 Å². The minimum Gasteiger partial charge on any atom is -0.494 e. The van der Waals surface area contributed by atoms with Crippen molar-refractivity contribution in [2.75, 3.05) is 13.7 Å². The number of hydrogen-bond acceptors (Lipinski definition) is 5. The molecular formula is C33H34N6O3. The number of pyridine rings is 1. The lowest BCUT2D eigenvalue weighted by atomic mass is 10.1. The van der Waals surface area contributed by atoms with Crippen molar-refractivity contribution in [2.45, 2.75) is 44.3 Å². The largest absolute Gasteiger partial charge is 0.494 e. The average molecular weight is 563 g/mol. The van der Waals surface area contributed by atoms with E-state index in [1.807, 2.05) is 30.1 Å². The van der Waals surface area contributed by atoms with Crippen molar-refractivity contribution in [2.24, 2.45) is 24.6 Å². The molecule has 9 nitrogen and oxygen atoms in total. The summed E-state index contributed by atoms with van der Waals surface area (Å²) >= 11 is 0. The van der Waals surface area contributed by atoms with Crippen LogP contribution in [0, 0.1) is 11.8 Å². The van der Waals surface area contributed by atoms with Crippen molar-refractivity contribution >= 4 is 27.8 Å². The van der Waals surface area contributed by atoms with Gasteiger partial charge in [-0.05, 0) is 79.0 Å². The van der Waals surface area contributed by atoms with Crippen LogP contribution in [0.5, 0.6) is 5.75 Å². The molecule has 3 aliphatic rings. The number of aromatic amines is 1. The van der Waals surface area contributed by atoms with E-state index in [2.05, 4.69) is 38.4 Å². The number of imidazole rings is 1. The molecule has 214 valence electrons. The Morgan fingerprint density at radius 3 is 2.60 bits per heavy atom. The van der Waals surface area contributed by atoms with Crippen molar-refractivity contribution in [1.29, 1.82) is 0 Å². The molecule has 0 unspecified atom stereocenters. The quantitative estimate of drug-likeness (QED) is 0.316. The fourth-order valence-corrected chi connectivity index (χ4v) is 7.23. The molecule has 8 rings (SSSR count). The highest BCUT2D eigenvalue weighted by Gasteiger charge is 2.47. The van der Waals surface area contributed by atoms with E-state index in [1.54, 1.807) is 19.4 Å². The Morgan fingerprint density at radius 1 is 1.07 bits per heavy atom. The molecular weight excluding hydrogens is 528 g/mol. The number of carbonyl (C=O) groups excluding carboxylic acids is 1. The lowest BCUT2D eigenvalue weighted by Crippen LogP contribution is -2.41. The molecule has 42 heavy (non-hydrogen) atoms. The highest BCUT2D eigenvalue weighted by atomic mass is 16.5. The Bertz CT molecular complexity index is 1930. The molecule has 0 radical (unpaired) electrons. The van der Waals surface area contributed by atoms with Gasteiger partial charge in [-0.25, -0.2) is 4.98 Å². The number of rotatable bonds is 6. The second-order valence-electron chi connectivity index (χ2n) is 12.3. The SMILES string of the molecule is COc1cc(C(=O)N2C[C@H]3CC[C@@H]2[C@@H]3N)cc2nc(-c3cc4ccc(-c5ccc(=O)[nH]c5)cc4n3CC3CC3)n(C)c12. The maximum absolute atomic E-state index is 13.7. The predicted molar refractivity (Wildman–Crippen MR) is 163 cm³/mol. The summed E-state index contributed by atoms with van der Waals surface area (Å²) in [7, 11) is 3.66. The smallest absolute Gasteiger partial charge is 0.254 e. The highest BCUT2D eigenvalue weighted by Crippen LogP contribution is 2.40. The summed E-state index contributed by atoms with van der Waals surface area (Å²) in [5.74, 6) is 2.51. The molecule has 2 aromatic carbocycles. The van der Waals surface area contributed by atoms with E-state index in [1.165, 1.54) is 12.8 Å². The van der Waals surface area contributed by atoms with Crippen LogP contribution < -0.4 is 16.0 Å². The van der Waals surface area contributed by atoms with E-state index in [-0.39, 0.29) is 23.6 Å². The second kappa shape index (κ2) is 9.32. The second-order valence-corrected chi connectivity index (χ2v) is 12.3. The van der Waals surface area contributed by atoms with Gasteiger partial charge >= 0.3 is 0 Å². The van der Waals surface area contributed by atoms with Gasteiger partial charge in [0.15, 0.2) is 5.82 Å². The van der Waals surface area contributed by atoms with Gasteiger partial charge in [-0.3, -0.25) is 9.59 Å². The van der Waals surface area contributed by atoms with Crippen LogP contribution in [0.15, 0.2) is 59.5 Å². The predicted octanol–water partition coefficient (Wildman–Crippen LogP) is 4.53. The van der Waals surface area contributed by atoms with Crippen molar-refractivity contribution in [3.05, 3.63) is 70.6 Å². The molecule has 0 spiro atoms. The maximum Gasteiger partial charge on any atom is 0.254 e. The van der Waals surface area contributed by atoms with Crippen molar-refractivity contribution in [1.82, 2.24) is 24.0 Å². The van der Waals surface area contributed by atoms with Crippen molar-refractivity contribution < 1.29 is 9.53 Å². The number of fused-ring (bicyclic) bond motifs is 4. The van der Waals surface area contributed by atoms with Crippen molar-refractivity contribution in [3.63, 3.8) is 0 Å². The molecule has 3 N–H and O–H groups in total. The van der Waals surface area contributed by atoms with Gasteiger partial charge < -0.3 is 29.5 Å². The van der Waals surface area contributed by atoms with Gasteiger partial charge in [-0.2, -0.15) is 0 Å². The van der Waals surface area contributed by atoms with Crippen LogP contribution in [0.4, 0.5) is 0 Å². The summed E-state index contributed by atoms with van der Waals surface area (Å²) in [4.78, 5) is 35.2. The number of benzene rings is 2. The molecule has 3 aromatic heterocycles. The topological polar surface area (TPSA) is 111 Å². The van der Waals surface area contributed by atoms with Crippen LogP contribution >= 0.6 is 0 Å². The van der Waals surface area contributed by atoms with E-state index >= 15 is 0 Å². The Labute approximate surface area is 242 Å². The fraction of sp³-hybridized carbons (Fsp3) is 0.364. The Morgan fingerprint density at radius 2 is 1.90 bits per heavy atom. The molecule has 3 atom stereocenters. The molecule has 4 heterocycles. The van der Waals surface area contributed by atoms with Crippen LogP contribution in [0.1, 0.15) is 36.0 Å². The third-order valence-corrected chi connectivity index (χ3v) is 9.70. The molecule has 3 fully saturated rings. The number of methoxy groups -OCH3 is 1. The lowest BCUT2D eigenvalue weighted by Gasteiger charge is -2.27. The first-order valence-electron chi connectivity index (χ1n) is 14.8. The monoisotopic (exact) mass is 562 g/mol. The molecule has 1 saturated heterocycles. The van der Waals surface area contributed by atoms with Gasteiger partial charge in [0.2, 0.25) is 5.56 Å². The first-order chi connectivity index (χ1) is 20.4. The summed E-state index contributed by atoms with van der Waals surface area (Å²) < 4.78 is 10.3. The Hall–Kier alpha value is -4.37. The first kappa shape index (κ1) is 25.3. The average Bonchev–Trinajstić information content (AvgIpc) is 3.41. The van der Waals surface area contributed by atoms with Gasteiger partial charge in [0, 0.05) is 61.0 Å². The summed E-state index contributed by atoms with van der Waals surface area (Å²) in [5.41, 5.74) is 12.7. The lowest BCUT2D eigenvalue weighted by molar-refractivity contribution is 0.0700. The zero-order valence-corrected chi connectivity index (χ0v) is 23.8. The van der Waals surface area contributed by atoms with Gasteiger partial charge in [0.25, 0.3) is 5.91 Å². The summed E-state index contributed by atoms with van der Waals surface area (Å²) in [6.45, 7) is 1.64. The molecule has 9 heteroatoms. The third-order valence-electron chi connectivity index (χ3n) is 9.70. The zero-order chi connectivity index (χ0) is 28.7. The number of hydrogen-bond donors (Lipinski definition) is 2. The standard InChI is InChI=1S/C33H34N6O3/c1-37-31-24(11-23(14-28(31)42-2)33(41)39-17-22-7-9-25(39)30(22)34)36-32(37)27-13-20-6-5-19(21-8-10-29(40)35-15-21)12-26(20)38(27)16-18-3-4-18/h5-6,8,10-15,18,22,25,30H,3-4,7,9,16-17,34H2,1-2H3,(H,35,40)/t22-,25-,30-/m1/s1. The fourth-order valence-electron chi connectivity index (χ4n) is 7.23. The summed E-state index contributed by atoms with van der Waals surface area (Å²) in [5, 5.41) is 1.13.